The van der Waals surface area contributed by atoms with Crippen molar-refractivity contribution >= 4 is 5.82 Å². The molecule has 0 radical (unpaired) electrons. The van der Waals surface area contributed by atoms with Crippen molar-refractivity contribution in [3.63, 3.8) is 0 Å². The summed E-state index contributed by atoms with van der Waals surface area (Å²) in [6.45, 7) is 5.21. The largest absolute Gasteiger partial charge is 0.385 e. The van der Waals surface area contributed by atoms with Gasteiger partial charge < -0.3 is 14.6 Å². The van der Waals surface area contributed by atoms with E-state index in [2.05, 4.69) is 26.2 Å². The van der Waals surface area contributed by atoms with Gasteiger partial charge in [0.2, 0.25) is 0 Å². The summed E-state index contributed by atoms with van der Waals surface area (Å²) in [6.07, 6.45) is 4.76. The lowest BCUT2D eigenvalue weighted by Gasteiger charge is -2.35. The monoisotopic (exact) mass is 326 g/mol. The van der Waals surface area contributed by atoms with Crippen molar-refractivity contribution in [2.45, 2.75) is 32.8 Å². The molecule has 3 rings (SSSR count). The van der Waals surface area contributed by atoms with Gasteiger partial charge in [-0.2, -0.15) is 10.4 Å². The van der Waals surface area contributed by atoms with E-state index in [9.17, 15) is 10.4 Å². The molecular weight excluding hydrogens is 304 g/mol. The number of piperidine rings is 1. The van der Waals surface area contributed by atoms with Gasteiger partial charge in [0.1, 0.15) is 23.6 Å². The van der Waals surface area contributed by atoms with E-state index in [0.717, 1.165) is 30.6 Å². The second-order valence-corrected chi connectivity index (χ2v) is 6.41. The van der Waals surface area contributed by atoms with Gasteiger partial charge in [-0.3, -0.25) is 0 Å². The van der Waals surface area contributed by atoms with E-state index in [0.29, 0.717) is 23.8 Å². The van der Waals surface area contributed by atoms with Gasteiger partial charge in [-0.25, -0.2) is 4.98 Å². The highest BCUT2D eigenvalue weighted by Crippen LogP contribution is 2.32. The molecule has 1 aliphatic rings. The van der Waals surface area contributed by atoms with Crippen LogP contribution in [0.1, 0.15) is 41.6 Å². The minimum Gasteiger partial charge on any atom is -0.385 e. The molecule has 0 bridgehead atoms. The zero-order chi connectivity index (χ0) is 17.3. The first-order valence-electron chi connectivity index (χ1n) is 8.17. The SMILES string of the molecule is Cc1nnc(N2CCCC(C(O)c3nccn3C)C2)c(C#N)c1C. The van der Waals surface area contributed by atoms with Crippen molar-refractivity contribution in [1.82, 2.24) is 19.7 Å². The number of aliphatic hydroxyl groups excluding tert-OH is 1. The molecule has 1 fully saturated rings. The van der Waals surface area contributed by atoms with Gasteiger partial charge in [-0.15, -0.1) is 5.10 Å². The molecule has 0 amide bonds. The topological polar surface area (TPSA) is 90.9 Å². The predicted molar refractivity (Wildman–Crippen MR) is 89.3 cm³/mol. The third-order valence-electron chi connectivity index (χ3n) is 4.87. The average molecular weight is 326 g/mol. The third kappa shape index (κ3) is 2.85. The summed E-state index contributed by atoms with van der Waals surface area (Å²) in [5.41, 5.74) is 2.22. The van der Waals surface area contributed by atoms with Crippen LogP contribution in [-0.4, -0.2) is 37.9 Å². The lowest BCUT2D eigenvalue weighted by Crippen LogP contribution is -2.39. The molecule has 2 atom stereocenters. The third-order valence-corrected chi connectivity index (χ3v) is 4.87. The number of imidazole rings is 1. The van der Waals surface area contributed by atoms with Crippen LogP contribution >= 0.6 is 0 Å². The Balaban J connectivity index is 1.86. The fourth-order valence-corrected chi connectivity index (χ4v) is 3.28. The maximum Gasteiger partial charge on any atom is 0.169 e. The lowest BCUT2D eigenvalue weighted by molar-refractivity contribution is 0.0873. The number of aliphatic hydroxyl groups is 1. The molecule has 0 aromatic carbocycles. The van der Waals surface area contributed by atoms with Crippen molar-refractivity contribution in [3.05, 3.63) is 35.0 Å². The van der Waals surface area contributed by atoms with Crippen LogP contribution in [0.5, 0.6) is 0 Å². The van der Waals surface area contributed by atoms with Gasteiger partial charge in [-0.05, 0) is 32.3 Å². The first kappa shape index (κ1) is 16.4. The van der Waals surface area contributed by atoms with Crippen LogP contribution in [0.3, 0.4) is 0 Å². The number of hydrogen-bond acceptors (Lipinski definition) is 6. The number of hydrogen-bond donors (Lipinski definition) is 1. The molecule has 7 heteroatoms. The molecule has 2 aromatic heterocycles. The summed E-state index contributed by atoms with van der Waals surface area (Å²) in [6, 6.07) is 2.26. The van der Waals surface area contributed by atoms with Gasteiger partial charge in [0.25, 0.3) is 0 Å². The minimum absolute atomic E-state index is 0.0507. The Labute approximate surface area is 141 Å². The molecule has 0 spiro atoms. The zero-order valence-electron chi connectivity index (χ0n) is 14.3. The molecule has 24 heavy (non-hydrogen) atoms. The number of aryl methyl sites for hydroxylation is 2. The lowest BCUT2D eigenvalue weighted by atomic mass is 9.91. The van der Waals surface area contributed by atoms with Gasteiger partial charge >= 0.3 is 0 Å². The van der Waals surface area contributed by atoms with Crippen LogP contribution in [-0.2, 0) is 7.05 Å². The van der Waals surface area contributed by atoms with Crippen molar-refractivity contribution < 1.29 is 5.11 Å². The maximum absolute atomic E-state index is 10.7. The quantitative estimate of drug-likeness (QED) is 0.922. The van der Waals surface area contributed by atoms with Gasteiger partial charge in [0.15, 0.2) is 5.82 Å². The molecule has 7 nitrogen and oxygen atoms in total. The highest BCUT2D eigenvalue weighted by Gasteiger charge is 2.31. The maximum atomic E-state index is 10.7. The second kappa shape index (κ2) is 6.57. The molecule has 2 aromatic rings. The number of aromatic nitrogens is 4. The molecule has 1 aliphatic heterocycles. The smallest absolute Gasteiger partial charge is 0.169 e. The molecule has 0 aliphatic carbocycles. The summed E-state index contributed by atoms with van der Waals surface area (Å²) >= 11 is 0. The Bertz CT molecular complexity index is 778. The van der Waals surface area contributed by atoms with E-state index in [-0.39, 0.29) is 5.92 Å². The molecular formula is C17H22N6O. The van der Waals surface area contributed by atoms with Gasteiger partial charge in [0.05, 0.1) is 5.69 Å². The van der Waals surface area contributed by atoms with E-state index in [4.69, 9.17) is 0 Å². The molecule has 3 heterocycles. The first-order chi connectivity index (χ1) is 11.5. The van der Waals surface area contributed by atoms with Crippen molar-refractivity contribution in [3.8, 4) is 6.07 Å². The summed E-state index contributed by atoms with van der Waals surface area (Å²) in [5.74, 6) is 1.35. The fourth-order valence-electron chi connectivity index (χ4n) is 3.28. The molecule has 1 N–H and O–H groups in total. The van der Waals surface area contributed by atoms with Crippen LogP contribution in [0.15, 0.2) is 12.4 Å². The predicted octanol–water partition coefficient (Wildman–Crippen LogP) is 1.65. The minimum atomic E-state index is -0.627. The summed E-state index contributed by atoms with van der Waals surface area (Å²) in [7, 11) is 1.88. The molecule has 126 valence electrons. The van der Waals surface area contributed by atoms with Crippen LogP contribution in [0.2, 0.25) is 0 Å². The van der Waals surface area contributed by atoms with Crippen molar-refractivity contribution in [1.29, 1.82) is 5.26 Å². The first-order valence-corrected chi connectivity index (χ1v) is 8.17. The molecule has 0 saturated carbocycles. The van der Waals surface area contributed by atoms with Crippen LogP contribution in [0, 0.1) is 31.1 Å². The van der Waals surface area contributed by atoms with Gasteiger partial charge in [0, 0.05) is 38.4 Å². The highest BCUT2D eigenvalue weighted by atomic mass is 16.3. The van der Waals surface area contributed by atoms with E-state index < -0.39 is 6.10 Å². The Kier molecular flexibility index (Phi) is 4.49. The van der Waals surface area contributed by atoms with E-state index in [1.54, 1.807) is 6.20 Å². The second-order valence-electron chi connectivity index (χ2n) is 6.41. The van der Waals surface area contributed by atoms with Gasteiger partial charge in [-0.1, -0.05) is 0 Å². The number of nitrogens with zero attached hydrogens (tertiary/aromatic N) is 6. The fraction of sp³-hybridized carbons (Fsp3) is 0.529. The van der Waals surface area contributed by atoms with Crippen LogP contribution < -0.4 is 4.90 Å². The normalized spacial score (nSPS) is 19.1. The summed E-state index contributed by atoms with van der Waals surface area (Å²) < 4.78 is 1.85. The highest BCUT2D eigenvalue weighted by molar-refractivity contribution is 5.57. The summed E-state index contributed by atoms with van der Waals surface area (Å²) in [4.78, 5) is 6.33. The molecule has 1 saturated heterocycles. The Morgan fingerprint density at radius 3 is 2.83 bits per heavy atom. The average Bonchev–Trinajstić information content (AvgIpc) is 3.02. The summed E-state index contributed by atoms with van der Waals surface area (Å²) in [5, 5.41) is 28.6. The van der Waals surface area contributed by atoms with Crippen molar-refractivity contribution in [2.75, 3.05) is 18.0 Å². The number of rotatable bonds is 3. The van der Waals surface area contributed by atoms with E-state index in [1.165, 1.54) is 0 Å². The molecule has 2 unspecified atom stereocenters. The standard InChI is InChI=1S/C17H22N6O/c1-11-12(2)20-21-16(14(11)9-18)23-7-4-5-13(10-23)15(24)17-19-6-8-22(17)3/h6,8,13,15,24H,4-5,7,10H2,1-3H3. The van der Waals surface area contributed by atoms with E-state index in [1.807, 2.05) is 31.7 Å². The zero-order valence-corrected chi connectivity index (χ0v) is 14.3. The Hall–Kier alpha value is -2.46. The number of anilines is 1. The van der Waals surface area contributed by atoms with Crippen LogP contribution in [0.25, 0.3) is 0 Å². The number of nitriles is 1. The Morgan fingerprint density at radius 2 is 2.17 bits per heavy atom. The Morgan fingerprint density at radius 1 is 1.38 bits per heavy atom. The van der Waals surface area contributed by atoms with Crippen LogP contribution in [0.4, 0.5) is 5.82 Å². The van der Waals surface area contributed by atoms with E-state index >= 15 is 0 Å². The van der Waals surface area contributed by atoms with Crippen molar-refractivity contribution in [2.24, 2.45) is 13.0 Å².